The molecule has 2 N–H and O–H groups in total. The number of amidine groups is 1. The number of hydrogen-bond acceptors (Lipinski definition) is 5. The lowest BCUT2D eigenvalue weighted by atomic mass is 10.1. The van der Waals surface area contributed by atoms with Gasteiger partial charge in [-0.05, 0) is 30.5 Å². The van der Waals surface area contributed by atoms with Gasteiger partial charge in [0.25, 0.3) is 5.91 Å². The second kappa shape index (κ2) is 7.10. The first kappa shape index (κ1) is 16.0. The summed E-state index contributed by atoms with van der Waals surface area (Å²) >= 11 is 7.61. The first-order valence-electron chi connectivity index (χ1n) is 7.41. The van der Waals surface area contributed by atoms with E-state index in [9.17, 15) is 4.79 Å². The fraction of sp³-hybridized carbons (Fsp3) is 0.312. The molecule has 1 aliphatic heterocycles. The average molecular weight is 349 g/mol. The van der Waals surface area contributed by atoms with Crippen LogP contribution >= 0.6 is 22.9 Å². The molecular weight excluding hydrogens is 332 g/mol. The third-order valence-electron chi connectivity index (χ3n) is 3.50. The molecule has 120 valence electrons. The number of nitrogens with zero attached hydrogens (tertiary/aromatic N) is 2. The van der Waals surface area contributed by atoms with Gasteiger partial charge in [0, 0.05) is 35.6 Å². The molecule has 0 saturated carbocycles. The highest BCUT2D eigenvalue weighted by Gasteiger charge is 2.15. The van der Waals surface area contributed by atoms with E-state index in [0.717, 1.165) is 40.4 Å². The molecule has 2 heterocycles. The van der Waals surface area contributed by atoms with Gasteiger partial charge in [-0.1, -0.05) is 23.7 Å². The SMILES string of the molecule is Cc1ccc(Cc2cnc(NC(=O)C3=NCCCN3)s2)cc1Cl. The molecule has 7 heteroatoms. The molecule has 3 rings (SSSR count). The van der Waals surface area contributed by atoms with Crippen molar-refractivity contribution in [3.63, 3.8) is 0 Å². The number of amides is 1. The zero-order chi connectivity index (χ0) is 16.2. The maximum atomic E-state index is 12.1. The predicted molar refractivity (Wildman–Crippen MR) is 94.7 cm³/mol. The second-order valence-electron chi connectivity index (χ2n) is 5.36. The van der Waals surface area contributed by atoms with Crippen LogP contribution in [0.2, 0.25) is 5.02 Å². The molecule has 0 atom stereocenters. The molecule has 0 radical (unpaired) electrons. The molecule has 1 aromatic carbocycles. The van der Waals surface area contributed by atoms with Crippen molar-refractivity contribution in [1.82, 2.24) is 10.3 Å². The highest BCUT2D eigenvalue weighted by Crippen LogP contribution is 2.23. The number of anilines is 1. The standard InChI is InChI=1S/C16H17ClN4OS/c1-10-3-4-11(8-13(10)17)7-12-9-20-16(23-12)21-15(22)14-18-5-2-6-19-14/h3-4,8-9H,2,5-7H2,1H3,(H,18,19)(H,20,21,22). The van der Waals surface area contributed by atoms with Crippen molar-refractivity contribution in [2.24, 2.45) is 4.99 Å². The van der Waals surface area contributed by atoms with Crippen LogP contribution in [0.1, 0.15) is 22.4 Å². The van der Waals surface area contributed by atoms with Crippen molar-refractivity contribution in [2.75, 3.05) is 18.4 Å². The van der Waals surface area contributed by atoms with Gasteiger partial charge in [-0.2, -0.15) is 0 Å². The van der Waals surface area contributed by atoms with Crippen molar-refractivity contribution in [2.45, 2.75) is 19.8 Å². The topological polar surface area (TPSA) is 66.4 Å². The summed E-state index contributed by atoms with van der Waals surface area (Å²) in [6, 6.07) is 6.03. The van der Waals surface area contributed by atoms with Crippen LogP contribution < -0.4 is 10.6 Å². The van der Waals surface area contributed by atoms with Gasteiger partial charge in [-0.3, -0.25) is 15.1 Å². The lowest BCUT2D eigenvalue weighted by Gasteiger charge is -2.12. The Morgan fingerprint density at radius 3 is 3.09 bits per heavy atom. The molecule has 5 nitrogen and oxygen atoms in total. The van der Waals surface area contributed by atoms with E-state index in [2.05, 4.69) is 26.7 Å². The number of aliphatic imine (C=N–C) groups is 1. The van der Waals surface area contributed by atoms with E-state index in [4.69, 9.17) is 11.6 Å². The van der Waals surface area contributed by atoms with Gasteiger partial charge in [0.05, 0.1) is 0 Å². The summed E-state index contributed by atoms with van der Waals surface area (Å²) in [4.78, 5) is 21.6. The van der Waals surface area contributed by atoms with Crippen LogP contribution in [0.5, 0.6) is 0 Å². The molecule has 0 fully saturated rings. The minimum Gasteiger partial charge on any atom is -0.366 e. The lowest BCUT2D eigenvalue weighted by Crippen LogP contribution is -2.39. The van der Waals surface area contributed by atoms with E-state index in [1.54, 1.807) is 6.20 Å². The zero-order valence-corrected chi connectivity index (χ0v) is 14.3. The lowest BCUT2D eigenvalue weighted by molar-refractivity contribution is -0.110. The Labute approximate surface area is 143 Å². The van der Waals surface area contributed by atoms with Crippen molar-refractivity contribution >= 4 is 39.8 Å². The quantitative estimate of drug-likeness (QED) is 0.892. The predicted octanol–water partition coefficient (Wildman–Crippen LogP) is 3.03. The number of rotatable bonds is 4. The largest absolute Gasteiger partial charge is 0.366 e. The smallest absolute Gasteiger partial charge is 0.292 e. The molecule has 0 aliphatic carbocycles. The molecule has 2 aromatic rings. The van der Waals surface area contributed by atoms with Crippen LogP contribution in [-0.4, -0.2) is 29.8 Å². The number of halogens is 1. The Balaban J connectivity index is 1.64. The van der Waals surface area contributed by atoms with E-state index in [-0.39, 0.29) is 5.91 Å². The number of benzene rings is 1. The van der Waals surface area contributed by atoms with Gasteiger partial charge >= 0.3 is 0 Å². The van der Waals surface area contributed by atoms with Crippen LogP contribution in [0.25, 0.3) is 0 Å². The van der Waals surface area contributed by atoms with Crippen LogP contribution in [0, 0.1) is 6.92 Å². The van der Waals surface area contributed by atoms with Crippen LogP contribution in [0.4, 0.5) is 5.13 Å². The number of nitrogens with one attached hydrogen (secondary N) is 2. The normalized spacial score (nSPS) is 14.1. The molecule has 0 saturated heterocycles. The fourth-order valence-corrected chi connectivity index (χ4v) is 3.28. The Morgan fingerprint density at radius 2 is 2.35 bits per heavy atom. The summed E-state index contributed by atoms with van der Waals surface area (Å²) in [5.74, 6) is 0.155. The molecule has 1 amide bonds. The summed E-state index contributed by atoms with van der Waals surface area (Å²) in [7, 11) is 0. The maximum absolute atomic E-state index is 12.1. The highest BCUT2D eigenvalue weighted by atomic mass is 35.5. The Bertz CT molecular complexity index is 756. The minimum absolute atomic E-state index is 0.232. The van der Waals surface area contributed by atoms with E-state index < -0.39 is 0 Å². The molecular formula is C16H17ClN4OS. The zero-order valence-electron chi connectivity index (χ0n) is 12.7. The number of aromatic nitrogens is 1. The third-order valence-corrected chi connectivity index (χ3v) is 4.82. The monoisotopic (exact) mass is 348 g/mol. The maximum Gasteiger partial charge on any atom is 0.292 e. The summed E-state index contributed by atoms with van der Waals surface area (Å²) < 4.78 is 0. The van der Waals surface area contributed by atoms with E-state index in [1.807, 2.05) is 19.1 Å². The van der Waals surface area contributed by atoms with Crippen molar-refractivity contribution < 1.29 is 4.79 Å². The molecule has 0 bridgehead atoms. The fourth-order valence-electron chi connectivity index (χ4n) is 2.24. The molecule has 1 aromatic heterocycles. The van der Waals surface area contributed by atoms with E-state index in [0.29, 0.717) is 17.5 Å². The highest BCUT2D eigenvalue weighted by molar-refractivity contribution is 7.15. The molecule has 0 spiro atoms. The molecule has 23 heavy (non-hydrogen) atoms. The van der Waals surface area contributed by atoms with Gasteiger partial charge in [0.15, 0.2) is 11.0 Å². The van der Waals surface area contributed by atoms with Gasteiger partial charge in [0.1, 0.15) is 0 Å². The van der Waals surface area contributed by atoms with Gasteiger partial charge in [-0.15, -0.1) is 11.3 Å². The number of hydrogen-bond donors (Lipinski definition) is 2. The number of carbonyl (C=O) groups is 1. The first-order chi connectivity index (χ1) is 11.1. The molecule has 0 unspecified atom stereocenters. The summed E-state index contributed by atoms with van der Waals surface area (Å²) in [6.07, 6.45) is 3.48. The third kappa shape index (κ3) is 4.09. The average Bonchev–Trinajstić information content (AvgIpc) is 2.99. The summed E-state index contributed by atoms with van der Waals surface area (Å²) in [5.41, 5.74) is 2.19. The summed E-state index contributed by atoms with van der Waals surface area (Å²) in [5, 5.41) is 7.13. The van der Waals surface area contributed by atoms with E-state index >= 15 is 0 Å². The van der Waals surface area contributed by atoms with Crippen molar-refractivity contribution in [3.05, 3.63) is 45.4 Å². The molecule has 1 aliphatic rings. The van der Waals surface area contributed by atoms with Crippen LogP contribution in [-0.2, 0) is 11.2 Å². The number of thiazole rings is 1. The summed E-state index contributed by atoms with van der Waals surface area (Å²) in [6.45, 7) is 3.45. The minimum atomic E-state index is -0.232. The van der Waals surface area contributed by atoms with Crippen LogP contribution in [0.15, 0.2) is 29.4 Å². The number of carbonyl (C=O) groups excluding carboxylic acids is 1. The Kier molecular flexibility index (Phi) is 4.93. The van der Waals surface area contributed by atoms with Gasteiger partial charge in [-0.25, -0.2) is 4.98 Å². The first-order valence-corrected chi connectivity index (χ1v) is 8.60. The Morgan fingerprint density at radius 1 is 1.48 bits per heavy atom. The Hall–Kier alpha value is -1.92. The van der Waals surface area contributed by atoms with Crippen LogP contribution in [0.3, 0.4) is 0 Å². The number of aryl methyl sites for hydroxylation is 1. The second-order valence-corrected chi connectivity index (χ2v) is 6.88. The van der Waals surface area contributed by atoms with Gasteiger partial charge in [0.2, 0.25) is 0 Å². The van der Waals surface area contributed by atoms with E-state index in [1.165, 1.54) is 11.3 Å². The van der Waals surface area contributed by atoms with Crippen molar-refractivity contribution in [3.8, 4) is 0 Å². The van der Waals surface area contributed by atoms with Crippen molar-refractivity contribution in [1.29, 1.82) is 0 Å². The van der Waals surface area contributed by atoms with Gasteiger partial charge < -0.3 is 5.32 Å².